The van der Waals surface area contributed by atoms with E-state index in [2.05, 4.69) is 13.5 Å². The van der Waals surface area contributed by atoms with Gasteiger partial charge in [0.15, 0.2) is 5.79 Å². The first-order valence-corrected chi connectivity index (χ1v) is 5.53. The molecule has 5 atom stereocenters. The van der Waals surface area contributed by atoms with Gasteiger partial charge < -0.3 is 14.3 Å². The van der Waals surface area contributed by atoms with Crippen molar-refractivity contribution in [2.45, 2.75) is 44.7 Å². The van der Waals surface area contributed by atoms with E-state index in [4.69, 9.17) is 9.47 Å². The smallest absolute Gasteiger partial charge is 0.166 e. The van der Waals surface area contributed by atoms with Crippen LogP contribution < -0.4 is 0 Å². The minimum absolute atomic E-state index is 0.00324. The van der Waals surface area contributed by atoms with Gasteiger partial charge in [-0.05, 0) is 13.3 Å². The fourth-order valence-corrected chi connectivity index (χ4v) is 2.60. The van der Waals surface area contributed by atoms with E-state index in [1.165, 1.54) is 0 Å². The Hall–Kier alpha value is -0.670. The van der Waals surface area contributed by atoms with Gasteiger partial charge in [-0.1, -0.05) is 13.0 Å². The first-order chi connectivity index (χ1) is 7.09. The van der Waals surface area contributed by atoms with Crippen molar-refractivity contribution in [1.82, 2.24) is 0 Å². The molecule has 2 aliphatic heterocycles. The molecular weight excluding hydrogens is 192 g/mol. The summed E-state index contributed by atoms with van der Waals surface area (Å²) in [4.78, 5) is 11.0. The minimum atomic E-state index is -0.518. The number of rotatable bonds is 2. The van der Waals surface area contributed by atoms with Crippen molar-refractivity contribution in [3.63, 3.8) is 0 Å². The third kappa shape index (κ3) is 1.74. The lowest BCUT2D eigenvalue weighted by Gasteiger charge is -2.51. The van der Waals surface area contributed by atoms with Crippen LogP contribution in [0.25, 0.3) is 0 Å². The zero-order valence-electron chi connectivity index (χ0n) is 9.31. The van der Waals surface area contributed by atoms with Crippen LogP contribution in [-0.2, 0) is 14.3 Å². The molecule has 84 valence electrons. The number of aldehydes is 1. The highest BCUT2D eigenvalue weighted by molar-refractivity contribution is 5.55. The Kier molecular flexibility index (Phi) is 2.69. The van der Waals surface area contributed by atoms with Gasteiger partial charge in [-0.3, -0.25) is 0 Å². The number of hydrogen-bond acceptors (Lipinski definition) is 3. The molecule has 0 aliphatic carbocycles. The van der Waals surface area contributed by atoms with E-state index >= 15 is 0 Å². The Labute approximate surface area is 90.4 Å². The number of fused-ring (bicyclic) bond motifs is 2. The van der Waals surface area contributed by atoms with Gasteiger partial charge in [0, 0.05) is 18.3 Å². The van der Waals surface area contributed by atoms with Gasteiger partial charge in [-0.2, -0.15) is 0 Å². The molecular formula is C12H18O3. The molecule has 0 saturated carbocycles. The van der Waals surface area contributed by atoms with Crippen LogP contribution in [0.3, 0.4) is 0 Å². The molecule has 0 aromatic rings. The zero-order valence-corrected chi connectivity index (χ0v) is 9.31. The van der Waals surface area contributed by atoms with E-state index in [1.807, 2.05) is 13.0 Å². The summed E-state index contributed by atoms with van der Waals surface area (Å²) in [5, 5.41) is 0. The van der Waals surface area contributed by atoms with E-state index in [1.54, 1.807) is 0 Å². The van der Waals surface area contributed by atoms with Gasteiger partial charge in [0.05, 0.1) is 12.2 Å². The standard InChI is InChI=1S/C12H18O3/c1-4-10-8(2)11-9(7-13)5-6-12(3,14-10)15-11/h4,7-11H,1,5-6H2,2-3H3/t8-,9-,10-,11+,12-/m0/s1. The lowest BCUT2D eigenvalue weighted by atomic mass is 9.80. The van der Waals surface area contributed by atoms with Crippen LogP contribution in [0.1, 0.15) is 26.7 Å². The van der Waals surface area contributed by atoms with Crippen LogP contribution in [-0.4, -0.2) is 24.3 Å². The van der Waals surface area contributed by atoms with Gasteiger partial charge in [0.25, 0.3) is 0 Å². The molecule has 2 fully saturated rings. The van der Waals surface area contributed by atoms with Crippen molar-refractivity contribution in [1.29, 1.82) is 0 Å². The number of carbonyl (C=O) groups is 1. The Balaban J connectivity index is 2.23. The first-order valence-electron chi connectivity index (χ1n) is 5.53. The molecule has 0 amide bonds. The second-order valence-electron chi connectivity index (χ2n) is 4.73. The van der Waals surface area contributed by atoms with Crippen molar-refractivity contribution in [3.8, 4) is 0 Å². The topological polar surface area (TPSA) is 35.5 Å². The third-order valence-electron chi connectivity index (χ3n) is 3.57. The highest BCUT2D eigenvalue weighted by Crippen LogP contribution is 2.42. The summed E-state index contributed by atoms with van der Waals surface area (Å²) >= 11 is 0. The second-order valence-corrected chi connectivity index (χ2v) is 4.73. The number of hydrogen-bond donors (Lipinski definition) is 0. The van der Waals surface area contributed by atoms with Crippen molar-refractivity contribution in [3.05, 3.63) is 12.7 Å². The molecule has 15 heavy (non-hydrogen) atoms. The van der Waals surface area contributed by atoms with Crippen LogP contribution in [0.4, 0.5) is 0 Å². The largest absolute Gasteiger partial charge is 0.346 e. The molecule has 0 radical (unpaired) electrons. The average Bonchev–Trinajstić information content (AvgIpc) is 2.24. The predicted octanol–water partition coefficient (Wildman–Crippen LogP) is 1.92. The molecule has 2 saturated heterocycles. The summed E-state index contributed by atoms with van der Waals surface area (Å²) in [7, 11) is 0. The van der Waals surface area contributed by atoms with Crippen LogP contribution in [0, 0.1) is 11.8 Å². The molecule has 3 heteroatoms. The summed E-state index contributed by atoms with van der Waals surface area (Å²) in [6.45, 7) is 7.78. The molecule has 0 aromatic carbocycles. The second kappa shape index (κ2) is 3.72. The van der Waals surface area contributed by atoms with Crippen LogP contribution in [0.2, 0.25) is 0 Å². The number of carbonyl (C=O) groups excluding carboxylic acids is 1. The molecule has 2 heterocycles. The summed E-state index contributed by atoms with van der Waals surface area (Å²) in [6.07, 6.45) is 4.45. The fourth-order valence-electron chi connectivity index (χ4n) is 2.60. The predicted molar refractivity (Wildman–Crippen MR) is 56.3 cm³/mol. The van der Waals surface area contributed by atoms with Gasteiger partial charge >= 0.3 is 0 Å². The van der Waals surface area contributed by atoms with Crippen LogP contribution in [0.5, 0.6) is 0 Å². The van der Waals surface area contributed by atoms with Crippen LogP contribution in [0.15, 0.2) is 12.7 Å². The average molecular weight is 210 g/mol. The first kappa shape index (κ1) is 10.8. The SMILES string of the molecule is C=C[C@@H]1O[C@]2(C)CC[C@@H](C=O)[C@H](O2)[C@H]1C. The quantitative estimate of drug-likeness (QED) is 0.516. The summed E-state index contributed by atoms with van der Waals surface area (Å²) in [5.74, 6) is -0.305. The van der Waals surface area contributed by atoms with Crippen molar-refractivity contribution in [2.75, 3.05) is 0 Å². The lowest BCUT2D eigenvalue weighted by molar-refractivity contribution is -0.343. The van der Waals surface area contributed by atoms with Gasteiger partial charge in [0.2, 0.25) is 0 Å². The summed E-state index contributed by atoms with van der Waals surface area (Å²) in [6, 6.07) is 0. The van der Waals surface area contributed by atoms with Gasteiger partial charge in [0.1, 0.15) is 6.29 Å². The minimum Gasteiger partial charge on any atom is -0.346 e. The molecule has 2 bridgehead atoms. The van der Waals surface area contributed by atoms with Crippen molar-refractivity contribution >= 4 is 6.29 Å². The van der Waals surface area contributed by atoms with Crippen molar-refractivity contribution in [2.24, 2.45) is 11.8 Å². The maximum Gasteiger partial charge on any atom is 0.166 e. The zero-order chi connectivity index (χ0) is 11.1. The highest BCUT2D eigenvalue weighted by Gasteiger charge is 2.49. The van der Waals surface area contributed by atoms with E-state index < -0.39 is 5.79 Å². The van der Waals surface area contributed by atoms with Crippen molar-refractivity contribution < 1.29 is 14.3 Å². The van der Waals surface area contributed by atoms with E-state index in [0.29, 0.717) is 0 Å². The lowest BCUT2D eigenvalue weighted by Crippen LogP contribution is -2.56. The highest BCUT2D eigenvalue weighted by atomic mass is 16.7. The number of ether oxygens (including phenoxy) is 2. The van der Waals surface area contributed by atoms with E-state index in [9.17, 15) is 4.79 Å². The van der Waals surface area contributed by atoms with Gasteiger partial charge in [-0.15, -0.1) is 6.58 Å². The van der Waals surface area contributed by atoms with Crippen LogP contribution >= 0.6 is 0 Å². The third-order valence-corrected chi connectivity index (χ3v) is 3.57. The van der Waals surface area contributed by atoms with Gasteiger partial charge in [-0.25, -0.2) is 0 Å². The van der Waals surface area contributed by atoms with E-state index in [0.717, 1.165) is 19.1 Å². The maximum absolute atomic E-state index is 11.0. The van der Waals surface area contributed by atoms with E-state index in [-0.39, 0.29) is 24.0 Å². The monoisotopic (exact) mass is 210 g/mol. The Morgan fingerprint density at radius 1 is 1.47 bits per heavy atom. The molecule has 2 rings (SSSR count). The Morgan fingerprint density at radius 2 is 2.20 bits per heavy atom. The molecule has 0 unspecified atom stereocenters. The Morgan fingerprint density at radius 3 is 2.80 bits per heavy atom. The molecule has 3 nitrogen and oxygen atoms in total. The molecule has 0 spiro atoms. The molecule has 0 aromatic heterocycles. The molecule has 2 aliphatic rings. The summed E-state index contributed by atoms with van der Waals surface area (Å²) < 4.78 is 11.7. The fraction of sp³-hybridized carbons (Fsp3) is 0.750. The maximum atomic E-state index is 11.0. The Bertz CT molecular complexity index is 276. The normalized spacial score (nSPS) is 49.7. The summed E-state index contributed by atoms with van der Waals surface area (Å²) in [5.41, 5.74) is 0. The molecule has 0 N–H and O–H groups in total.